The van der Waals surface area contributed by atoms with Crippen molar-refractivity contribution in [3.05, 3.63) is 50.8 Å². The summed E-state index contributed by atoms with van der Waals surface area (Å²) >= 11 is 0. The van der Waals surface area contributed by atoms with Crippen LogP contribution in [0.4, 0.5) is 11.4 Å². The molecule has 8 heteroatoms. The van der Waals surface area contributed by atoms with E-state index in [2.05, 4.69) is 30.0 Å². The zero-order valence-electron chi connectivity index (χ0n) is 16.7. The molecule has 8 nitrogen and oxygen atoms in total. The van der Waals surface area contributed by atoms with Crippen molar-refractivity contribution in [3.8, 4) is 0 Å². The maximum absolute atomic E-state index is 13.3. The lowest BCUT2D eigenvalue weighted by Crippen LogP contribution is -2.48. The Morgan fingerprint density at radius 1 is 1.32 bits per heavy atom. The van der Waals surface area contributed by atoms with Crippen LogP contribution >= 0.6 is 0 Å². The number of aromatic nitrogens is 2. The molecule has 1 amide bonds. The van der Waals surface area contributed by atoms with Gasteiger partial charge in [0.1, 0.15) is 17.9 Å². The van der Waals surface area contributed by atoms with Crippen LogP contribution in [0.3, 0.4) is 0 Å². The van der Waals surface area contributed by atoms with E-state index in [0.717, 1.165) is 25.2 Å². The van der Waals surface area contributed by atoms with Crippen molar-refractivity contribution in [3.63, 3.8) is 0 Å². The lowest BCUT2D eigenvalue weighted by Gasteiger charge is -2.36. The van der Waals surface area contributed by atoms with Gasteiger partial charge in [-0.3, -0.25) is 19.6 Å². The fourth-order valence-electron chi connectivity index (χ4n) is 4.72. The minimum absolute atomic E-state index is 0.00683. The average molecular weight is 383 g/mol. The monoisotopic (exact) mass is 383 g/mol. The Bertz CT molecular complexity index is 967. The van der Waals surface area contributed by atoms with Crippen LogP contribution in [-0.4, -0.2) is 51.7 Å². The number of aryl methyl sites for hydroxylation is 2. The largest absolute Gasteiger partial charge is 0.312 e. The second-order valence-corrected chi connectivity index (χ2v) is 7.98. The van der Waals surface area contributed by atoms with Crippen molar-refractivity contribution in [2.45, 2.75) is 45.7 Å². The van der Waals surface area contributed by atoms with Crippen LogP contribution in [0.15, 0.2) is 18.2 Å². The zero-order valence-corrected chi connectivity index (χ0v) is 16.7. The first-order valence-corrected chi connectivity index (χ1v) is 9.57. The fourth-order valence-corrected chi connectivity index (χ4v) is 4.72. The summed E-state index contributed by atoms with van der Waals surface area (Å²) in [5.41, 5.74) is 4.13. The van der Waals surface area contributed by atoms with Crippen LogP contribution < -0.4 is 4.90 Å². The summed E-state index contributed by atoms with van der Waals surface area (Å²) in [5.74, 6) is 0.232. The molecule has 1 aromatic carbocycles. The summed E-state index contributed by atoms with van der Waals surface area (Å²) in [6, 6.07) is 6.39. The Hall–Kier alpha value is -2.74. The molecule has 0 spiro atoms. The van der Waals surface area contributed by atoms with Gasteiger partial charge >= 0.3 is 5.69 Å². The molecule has 148 valence electrons. The number of benzene rings is 1. The highest BCUT2D eigenvalue weighted by molar-refractivity contribution is 5.96. The summed E-state index contributed by atoms with van der Waals surface area (Å²) in [6.07, 6.45) is 0.915. The summed E-state index contributed by atoms with van der Waals surface area (Å²) in [7, 11) is 2.12. The lowest BCUT2D eigenvalue weighted by atomic mass is 9.89. The Balaban J connectivity index is 1.68. The molecule has 2 aliphatic heterocycles. The number of nitrogens with zero attached hydrogens (tertiary/aromatic N) is 5. The molecule has 0 radical (unpaired) electrons. The molecule has 0 unspecified atom stereocenters. The average Bonchev–Trinajstić information content (AvgIpc) is 3.08. The zero-order chi connectivity index (χ0) is 20.2. The van der Waals surface area contributed by atoms with Crippen LogP contribution in [0.25, 0.3) is 0 Å². The van der Waals surface area contributed by atoms with Crippen molar-refractivity contribution >= 4 is 17.3 Å². The van der Waals surface area contributed by atoms with E-state index < -0.39 is 4.92 Å². The molecule has 2 atom stereocenters. The number of rotatable bonds is 3. The Morgan fingerprint density at radius 3 is 2.75 bits per heavy atom. The molecular weight excluding hydrogens is 358 g/mol. The number of hydrogen-bond donors (Lipinski definition) is 0. The van der Waals surface area contributed by atoms with Gasteiger partial charge in [-0.1, -0.05) is 17.7 Å². The van der Waals surface area contributed by atoms with Crippen LogP contribution in [0, 0.1) is 30.9 Å². The smallest absolute Gasteiger partial charge is 0.307 e. The SMILES string of the molecule is Cc1ccc2c(c1)[C@@H]1CN(C)CC[C@@H]1N2C(=O)Cn1nc(C)c([N+](=O)[O-])c1C. The van der Waals surface area contributed by atoms with Crippen molar-refractivity contribution < 1.29 is 9.72 Å². The highest BCUT2D eigenvalue weighted by Crippen LogP contribution is 2.45. The minimum Gasteiger partial charge on any atom is -0.307 e. The lowest BCUT2D eigenvalue weighted by molar-refractivity contribution is -0.386. The molecule has 2 aromatic rings. The van der Waals surface area contributed by atoms with Gasteiger partial charge in [0.2, 0.25) is 5.91 Å². The number of amides is 1. The third kappa shape index (κ3) is 2.88. The van der Waals surface area contributed by atoms with E-state index in [4.69, 9.17) is 0 Å². The van der Waals surface area contributed by atoms with Gasteiger partial charge in [-0.25, -0.2) is 0 Å². The van der Waals surface area contributed by atoms with Gasteiger partial charge in [0.25, 0.3) is 0 Å². The highest BCUT2D eigenvalue weighted by atomic mass is 16.6. The summed E-state index contributed by atoms with van der Waals surface area (Å²) in [4.78, 5) is 28.4. The molecule has 0 bridgehead atoms. The quantitative estimate of drug-likeness (QED) is 0.601. The van der Waals surface area contributed by atoms with Crippen molar-refractivity contribution in [2.24, 2.45) is 0 Å². The van der Waals surface area contributed by atoms with E-state index in [0.29, 0.717) is 17.3 Å². The molecule has 1 fully saturated rings. The summed E-state index contributed by atoms with van der Waals surface area (Å²) in [5, 5.41) is 15.5. The number of carbonyl (C=O) groups is 1. The number of piperidine rings is 1. The number of fused-ring (bicyclic) bond motifs is 3. The molecular formula is C20H25N5O3. The van der Waals surface area contributed by atoms with E-state index >= 15 is 0 Å². The van der Waals surface area contributed by atoms with Crippen LogP contribution in [0.5, 0.6) is 0 Å². The number of likely N-dealkylation sites (tertiary alicyclic amines) is 1. The van der Waals surface area contributed by atoms with E-state index in [1.54, 1.807) is 13.8 Å². The number of anilines is 1. The normalized spacial score (nSPS) is 21.5. The van der Waals surface area contributed by atoms with E-state index in [1.165, 1.54) is 15.8 Å². The first-order chi connectivity index (χ1) is 13.3. The van der Waals surface area contributed by atoms with Crippen molar-refractivity contribution in [2.75, 3.05) is 25.0 Å². The number of nitro groups is 1. The van der Waals surface area contributed by atoms with Crippen LogP contribution in [0.1, 0.15) is 34.9 Å². The molecule has 28 heavy (non-hydrogen) atoms. The van der Waals surface area contributed by atoms with Gasteiger partial charge in [0, 0.05) is 24.2 Å². The van der Waals surface area contributed by atoms with Gasteiger partial charge in [-0.15, -0.1) is 0 Å². The fraction of sp³-hybridized carbons (Fsp3) is 0.500. The number of hydrogen-bond acceptors (Lipinski definition) is 5. The predicted octanol–water partition coefficient (Wildman–Crippen LogP) is 2.55. The van der Waals surface area contributed by atoms with E-state index in [-0.39, 0.29) is 24.2 Å². The molecule has 1 aromatic heterocycles. The van der Waals surface area contributed by atoms with Crippen LogP contribution in [-0.2, 0) is 11.3 Å². The molecule has 3 heterocycles. The van der Waals surface area contributed by atoms with Crippen LogP contribution in [0.2, 0.25) is 0 Å². The Kier molecular flexibility index (Phi) is 4.45. The Labute approximate surface area is 163 Å². The molecule has 1 saturated heterocycles. The third-order valence-corrected chi connectivity index (χ3v) is 6.03. The number of likely N-dealkylation sites (N-methyl/N-ethyl adjacent to an activating group) is 1. The highest BCUT2D eigenvalue weighted by Gasteiger charge is 2.44. The van der Waals surface area contributed by atoms with Gasteiger partial charge in [0.15, 0.2) is 0 Å². The molecule has 0 aliphatic carbocycles. The first-order valence-electron chi connectivity index (χ1n) is 9.57. The van der Waals surface area contributed by atoms with E-state index in [9.17, 15) is 14.9 Å². The van der Waals surface area contributed by atoms with Crippen molar-refractivity contribution in [1.29, 1.82) is 0 Å². The topological polar surface area (TPSA) is 84.5 Å². The third-order valence-electron chi connectivity index (χ3n) is 6.03. The maximum Gasteiger partial charge on any atom is 0.312 e. The van der Waals surface area contributed by atoms with E-state index in [1.807, 2.05) is 17.0 Å². The molecule has 4 rings (SSSR count). The predicted molar refractivity (Wildman–Crippen MR) is 106 cm³/mol. The van der Waals surface area contributed by atoms with Gasteiger partial charge in [-0.2, -0.15) is 5.10 Å². The second kappa shape index (κ2) is 6.70. The van der Waals surface area contributed by atoms with Gasteiger partial charge < -0.3 is 9.80 Å². The standard InChI is InChI=1S/C20H25N5O3/c1-12-5-6-17-15(9-12)16-10-22(4)8-7-18(16)24(17)19(26)11-23-14(3)20(25(27)28)13(2)21-23/h5-6,9,16,18H,7-8,10-11H2,1-4H3/t16-,18-/m0/s1. The summed E-state index contributed by atoms with van der Waals surface area (Å²) in [6.45, 7) is 7.20. The summed E-state index contributed by atoms with van der Waals surface area (Å²) < 4.78 is 1.46. The molecule has 2 aliphatic rings. The van der Waals surface area contributed by atoms with Gasteiger partial charge in [-0.05, 0) is 52.4 Å². The Morgan fingerprint density at radius 2 is 2.07 bits per heavy atom. The molecule has 0 saturated carbocycles. The first kappa shape index (κ1) is 18.6. The van der Waals surface area contributed by atoms with Crippen molar-refractivity contribution in [1.82, 2.24) is 14.7 Å². The maximum atomic E-state index is 13.3. The van der Waals surface area contributed by atoms with Gasteiger partial charge in [0.05, 0.1) is 4.92 Å². The molecule has 0 N–H and O–H groups in total. The second-order valence-electron chi connectivity index (χ2n) is 7.98. The minimum atomic E-state index is -0.431. The number of carbonyl (C=O) groups excluding carboxylic acids is 1.